The first-order valence-electron chi connectivity index (χ1n) is 6.77. The van der Waals surface area contributed by atoms with Gasteiger partial charge in [0.15, 0.2) is 5.78 Å². The Labute approximate surface area is 138 Å². The maximum absolute atomic E-state index is 12.4. The molecule has 3 aromatic rings. The molecule has 0 N–H and O–H groups in total. The maximum atomic E-state index is 12.4. The molecule has 22 heavy (non-hydrogen) atoms. The first kappa shape index (κ1) is 14.9. The van der Waals surface area contributed by atoms with Crippen LogP contribution >= 0.6 is 23.4 Å². The highest BCUT2D eigenvalue weighted by atomic mass is 35.5. The Bertz CT molecular complexity index is 782. The third-order valence-corrected chi connectivity index (χ3v) is 4.38. The first-order valence-corrected chi connectivity index (χ1v) is 7.96. The average molecular weight is 324 g/mol. The van der Waals surface area contributed by atoms with Gasteiger partial charge in [-0.3, -0.25) is 4.79 Å². The van der Waals surface area contributed by atoms with Crippen molar-refractivity contribution in [2.24, 2.45) is 0 Å². The van der Waals surface area contributed by atoms with Crippen molar-refractivity contribution < 1.29 is 4.79 Å². The minimum absolute atomic E-state index is 0.0200. The summed E-state index contributed by atoms with van der Waals surface area (Å²) >= 11 is 7.59. The fraction of sp³-hybridized carbons (Fsp3) is 0. The van der Waals surface area contributed by atoms with Crippen LogP contribution < -0.4 is 0 Å². The molecular weight excluding hydrogens is 312 g/mol. The van der Waals surface area contributed by atoms with E-state index in [1.165, 1.54) is 0 Å². The van der Waals surface area contributed by atoms with Crippen LogP contribution in [0.2, 0.25) is 5.02 Å². The molecule has 0 saturated carbocycles. The van der Waals surface area contributed by atoms with Crippen molar-refractivity contribution >= 4 is 29.1 Å². The Morgan fingerprint density at radius 3 is 2.23 bits per heavy atom. The summed E-state index contributed by atoms with van der Waals surface area (Å²) in [6.45, 7) is 0. The van der Waals surface area contributed by atoms with E-state index in [9.17, 15) is 4.79 Å². The van der Waals surface area contributed by atoms with Gasteiger partial charge >= 0.3 is 0 Å². The summed E-state index contributed by atoms with van der Waals surface area (Å²) in [6, 6.07) is 25.4. The number of carbonyl (C=O) groups excluding carboxylic acids is 1. The Morgan fingerprint density at radius 2 is 1.55 bits per heavy atom. The Kier molecular flexibility index (Phi) is 4.62. The molecule has 0 amide bonds. The molecule has 107 valence electrons. The summed E-state index contributed by atoms with van der Waals surface area (Å²) in [6.07, 6.45) is 0. The molecule has 0 atom stereocenters. The molecule has 3 rings (SSSR count). The van der Waals surface area contributed by atoms with Gasteiger partial charge in [-0.05, 0) is 54.6 Å². The molecule has 0 bridgehead atoms. The van der Waals surface area contributed by atoms with E-state index in [-0.39, 0.29) is 5.78 Å². The quantitative estimate of drug-likeness (QED) is 0.588. The van der Waals surface area contributed by atoms with E-state index in [1.807, 2.05) is 48.5 Å². The van der Waals surface area contributed by atoms with Crippen LogP contribution in [0.25, 0.3) is 0 Å². The molecule has 0 aliphatic rings. The van der Waals surface area contributed by atoms with Crippen LogP contribution in [0, 0.1) is 6.07 Å². The van der Waals surface area contributed by atoms with Crippen molar-refractivity contribution in [1.29, 1.82) is 0 Å². The summed E-state index contributed by atoms with van der Waals surface area (Å²) in [5.74, 6) is -0.0200. The predicted octanol–water partition coefficient (Wildman–Crippen LogP) is 5.52. The standard InChI is InChI=1S/C19H12ClOS/c20-16-6-4-5-15(13-16)19(21)14-9-11-18(12-10-14)22-17-7-2-1-3-8-17/h2-13H. The van der Waals surface area contributed by atoms with E-state index < -0.39 is 0 Å². The lowest BCUT2D eigenvalue weighted by atomic mass is 10.0. The predicted molar refractivity (Wildman–Crippen MR) is 90.7 cm³/mol. The topological polar surface area (TPSA) is 17.1 Å². The molecule has 0 spiro atoms. The van der Waals surface area contributed by atoms with Crippen molar-refractivity contribution in [3.63, 3.8) is 0 Å². The molecule has 0 aliphatic carbocycles. The molecule has 0 heterocycles. The fourth-order valence-corrected chi connectivity index (χ4v) is 3.05. The first-order chi connectivity index (χ1) is 10.7. The van der Waals surface area contributed by atoms with Gasteiger partial charge in [0.2, 0.25) is 0 Å². The van der Waals surface area contributed by atoms with Crippen LogP contribution in [0.5, 0.6) is 0 Å². The summed E-state index contributed by atoms with van der Waals surface area (Å²) in [5.41, 5.74) is 1.26. The third-order valence-electron chi connectivity index (χ3n) is 3.13. The summed E-state index contributed by atoms with van der Waals surface area (Å²) < 4.78 is 0. The zero-order chi connectivity index (χ0) is 15.4. The number of benzene rings is 3. The van der Waals surface area contributed by atoms with Gasteiger partial charge in [0, 0.05) is 25.9 Å². The average Bonchev–Trinajstić information content (AvgIpc) is 2.56. The normalized spacial score (nSPS) is 10.4. The van der Waals surface area contributed by atoms with Gasteiger partial charge in [0.05, 0.1) is 0 Å². The largest absolute Gasteiger partial charge is 0.289 e. The zero-order valence-corrected chi connectivity index (χ0v) is 13.2. The molecule has 0 saturated heterocycles. The van der Waals surface area contributed by atoms with Crippen LogP contribution in [-0.2, 0) is 0 Å². The van der Waals surface area contributed by atoms with Crippen molar-refractivity contribution in [3.8, 4) is 0 Å². The van der Waals surface area contributed by atoms with Gasteiger partial charge < -0.3 is 0 Å². The van der Waals surface area contributed by atoms with Crippen molar-refractivity contribution in [3.05, 3.63) is 95.0 Å². The van der Waals surface area contributed by atoms with Gasteiger partial charge in [-0.15, -0.1) is 0 Å². The van der Waals surface area contributed by atoms with E-state index >= 15 is 0 Å². The number of carbonyl (C=O) groups is 1. The second-order valence-corrected chi connectivity index (χ2v) is 6.28. The van der Waals surface area contributed by atoms with E-state index in [0.717, 1.165) is 9.79 Å². The Balaban J connectivity index is 1.78. The highest BCUT2D eigenvalue weighted by Gasteiger charge is 2.09. The molecule has 1 nitrogen and oxygen atoms in total. The Hall–Kier alpha value is -2.03. The van der Waals surface area contributed by atoms with E-state index in [4.69, 9.17) is 11.6 Å². The lowest BCUT2D eigenvalue weighted by Crippen LogP contribution is -2.00. The van der Waals surface area contributed by atoms with Gasteiger partial charge in [-0.1, -0.05) is 47.6 Å². The van der Waals surface area contributed by atoms with E-state index in [1.54, 1.807) is 36.0 Å². The summed E-state index contributed by atoms with van der Waals surface area (Å²) in [4.78, 5) is 14.6. The summed E-state index contributed by atoms with van der Waals surface area (Å²) in [5, 5.41) is 0.568. The van der Waals surface area contributed by atoms with Crippen molar-refractivity contribution in [2.75, 3.05) is 0 Å². The van der Waals surface area contributed by atoms with Crippen molar-refractivity contribution in [1.82, 2.24) is 0 Å². The van der Waals surface area contributed by atoms with E-state index in [0.29, 0.717) is 16.1 Å². The molecule has 0 unspecified atom stereocenters. The smallest absolute Gasteiger partial charge is 0.193 e. The van der Waals surface area contributed by atoms with Gasteiger partial charge in [-0.2, -0.15) is 0 Å². The molecule has 3 aromatic carbocycles. The number of halogens is 1. The molecule has 0 fully saturated rings. The lowest BCUT2D eigenvalue weighted by molar-refractivity contribution is 0.103. The molecule has 0 aliphatic heterocycles. The molecule has 0 aromatic heterocycles. The number of hydrogen-bond acceptors (Lipinski definition) is 2. The highest BCUT2D eigenvalue weighted by molar-refractivity contribution is 7.99. The zero-order valence-electron chi connectivity index (χ0n) is 11.6. The van der Waals surface area contributed by atoms with Gasteiger partial charge in [0.1, 0.15) is 0 Å². The third kappa shape index (κ3) is 3.59. The van der Waals surface area contributed by atoms with Crippen LogP contribution in [0.3, 0.4) is 0 Å². The fourth-order valence-electron chi connectivity index (χ4n) is 2.05. The van der Waals surface area contributed by atoms with Crippen LogP contribution in [0.1, 0.15) is 15.9 Å². The molecule has 3 heteroatoms. The van der Waals surface area contributed by atoms with Gasteiger partial charge in [0.25, 0.3) is 0 Å². The number of ketones is 1. The number of hydrogen-bond donors (Lipinski definition) is 0. The van der Waals surface area contributed by atoms with Gasteiger partial charge in [-0.25, -0.2) is 0 Å². The second kappa shape index (κ2) is 6.82. The Morgan fingerprint density at radius 1 is 0.864 bits per heavy atom. The lowest BCUT2D eigenvalue weighted by Gasteiger charge is -2.04. The minimum Gasteiger partial charge on any atom is -0.289 e. The van der Waals surface area contributed by atoms with Crippen molar-refractivity contribution in [2.45, 2.75) is 9.79 Å². The summed E-state index contributed by atoms with van der Waals surface area (Å²) in [7, 11) is 0. The minimum atomic E-state index is -0.0200. The van der Waals surface area contributed by atoms with Crippen LogP contribution in [0.4, 0.5) is 0 Å². The molecule has 1 radical (unpaired) electrons. The monoisotopic (exact) mass is 323 g/mol. The second-order valence-electron chi connectivity index (χ2n) is 4.70. The van der Waals surface area contributed by atoms with Crippen LogP contribution in [0.15, 0.2) is 82.6 Å². The maximum Gasteiger partial charge on any atom is 0.193 e. The number of rotatable bonds is 4. The highest BCUT2D eigenvalue weighted by Crippen LogP contribution is 2.27. The molecular formula is C19H12ClOS. The SMILES string of the molecule is O=C(c1ccc(Sc2cc[c]cc2)cc1)c1cccc(Cl)c1. The van der Waals surface area contributed by atoms with Crippen LogP contribution in [-0.4, -0.2) is 5.78 Å². The van der Waals surface area contributed by atoms with E-state index in [2.05, 4.69) is 6.07 Å².